The Morgan fingerprint density at radius 2 is 1.23 bits per heavy atom. The molecule has 0 radical (unpaired) electrons. The zero-order valence-electron chi connectivity index (χ0n) is 22.1. The van der Waals surface area contributed by atoms with Gasteiger partial charge in [-0.2, -0.15) is 8.42 Å². The molecule has 35 heavy (non-hydrogen) atoms. The van der Waals surface area contributed by atoms with E-state index in [1.54, 1.807) is 27.7 Å². The van der Waals surface area contributed by atoms with Gasteiger partial charge >= 0.3 is 41.5 Å². The molecule has 0 aliphatic heterocycles. The van der Waals surface area contributed by atoms with Crippen LogP contribution >= 0.6 is 0 Å². The molecule has 0 aliphatic rings. The molecule has 0 saturated carbocycles. The van der Waals surface area contributed by atoms with Crippen molar-refractivity contribution in [2.45, 2.75) is 58.1 Å². The van der Waals surface area contributed by atoms with Gasteiger partial charge in [0.25, 0.3) is 10.1 Å². The quantitative estimate of drug-likeness (QED) is 0.291. The Bertz CT molecular complexity index is 1110. The molecular weight excluding hydrogens is 479 g/mol. The molecular formula is C26H35NaO7S. The largest absolute Gasteiger partial charge is 1.00 e. The molecule has 0 spiro atoms. The van der Waals surface area contributed by atoms with E-state index in [0.29, 0.717) is 12.8 Å². The maximum Gasteiger partial charge on any atom is 1.00 e. The maximum atomic E-state index is 12.7. The summed E-state index contributed by atoms with van der Waals surface area (Å²) in [6, 6.07) is 18.4. The Morgan fingerprint density at radius 3 is 1.57 bits per heavy atom. The number of carbonyl (C=O) groups is 2. The van der Waals surface area contributed by atoms with Crippen molar-refractivity contribution in [2.24, 2.45) is 16.7 Å². The summed E-state index contributed by atoms with van der Waals surface area (Å²) in [6.07, 6.45) is -0.115. The van der Waals surface area contributed by atoms with E-state index in [0.717, 1.165) is 11.1 Å². The van der Waals surface area contributed by atoms with Crippen LogP contribution in [0.25, 0.3) is 0 Å². The minimum atomic E-state index is -5.32. The molecule has 9 heteroatoms. The molecule has 2 atom stereocenters. The molecule has 7 nitrogen and oxygen atoms in total. The van der Waals surface area contributed by atoms with Crippen molar-refractivity contribution in [3.63, 3.8) is 0 Å². The second kappa shape index (κ2) is 12.0. The smallest absolute Gasteiger partial charge is 1.00 e. The van der Waals surface area contributed by atoms with Crippen LogP contribution in [0.15, 0.2) is 60.7 Å². The van der Waals surface area contributed by atoms with E-state index in [4.69, 9.17) is 0 Å². The molecule has 188 valence electrons. The standard InChI is InChI=1S/C26H34O7S.Na.H/c1-24(2,15-19-11-7-5-8-12-19)17-21(22(27)28)26(23(29)30,34(31,32)33)18-25(3,4)16-20-13-9-6-10-14-20;;/h5-14,21H,15-18H2,1-4H3,(H,27,28)(H,29,30)(H,31,32,33);;/q;+1;-1. The van der Waals surface area contributed by atoms with Crippen molar-refractivity contribution in [1.82, 2.24) is 0 Å². The predicted molar refractivity (Wildman–Crippen MR) is 131 cm³/mol. The molecule has 0 heterocycles. The zero-order valence-corrected chi connectivity index (χ0v) is 23.9. The van der Waals surface area contributed by atoms with E-state index >= 15 is 0 Å². The third-order valence-electron chi connectivity index (χ3n) is 6.23. The molecule has 3 N–H and O–H groups in total. The van der Waals surface area contributed by atoms with Crippen molar-refractivity contribution >= 4 is 22.1 Å². The van der Waals surface area contributed by atoms with E-state index in [1.165, 1.54) is 0 Å². The number of aliphatic carboxylic acids is 2. The van der Waals surface area contributed by atoms with E-state index in [1.807, 2.05) is 60.7 Å². The van der Waals surface area contributed by atoms with Crippen LogP contribution in [-0.2, 0) is 32.5 Å². The summed E-state index contributed by atoms with van der Waals surface area (Å²) in [7, 11) is -5.32. The SMILES string of the molecule is CC(C)(Cc1ccccc1)CC(C(=O)O)C(CC(C)(C)Cc1ccccc1)(C(=O)O)S(=O)(=O)O.[H-].[Na+]. The fourth-order valence-electron chi connectivity index (χ4n) is 4.88. The van der Waals surface area contributed by atoms with Crippen LogP contribution in [-0.4, -0.2) is 39.9 Å². The summed E-state index contributed by atoms with van der Waals surface area (Å²) in [4.78, 5) is 25.0. The summed E-state index contributed by atoms with van der Waals surface area (Å²) in [5, 5.41) is 20.3. The average molecular weight is 515 g/mol. The van der Waals surface area contributed by atoms with Gasteiger partial charge in [0.15, 0.2) is 0 Å². The Kier molecular flexibility index (Phi) is 10.8. The third kappa shape index (κ3) is 8.15. The van der Waals surface area contributed by atoms with Crippen molar-refractivity contribution in [1.29, 1.82) is 0 Å². The van der Waals surface area contributed by atoms with Crippen molar-refractivity contribution in [3.8, 4) is 0 Å². The van der Waals surface area contributed by atoms with Crippen LogP contribution < -0.4 is 29.6 Å². The molecule has 2 rings (SSSR count). The van der Waals surface area contributed by atoms with Gasteiger partial charge in [0.2, 0.25) is 4.75 Å². The van der Waals surface area contributed by atoms with Gasteiger partial charge in [0.05, 0.1) is 5.92 Å². The Morgan fingerprint density at radius 1 is 0.829 bits per heavy atom. The second-order valence-electron chi connectivity index (χ2n) is 10.6. The molecule has 2 unspecified atom stereocenters. The van der Waals surface area contributed by atoms with Gasteiger partial charge in [-0.05, 0) is 47.6 Å². The normalized spacial score (nSPS) is 14.9. The molecule has 0 fully saturated rings. The van der Waals surface area contributed by atoms with Gasteiger partial charge in [-0.25, -0.2) is 0 Å². The zero-order chi connectivity index (χ0) is 25.8. The fraction of sp³-hybridized carbons (Fsp3) is 0.462. The van der Waals surface area contributed by atoms with Crippen LogP contribution in [0.5, 0.6) is 0 Å². The van der Waals surface area contributed by atoms with Crippen LogP contribution in [0, 0.1) is 16.7 Å². The topological polar surface area (TPSA) is 129 Å². The minimum absolute atomic E-state index is 0. The van der Waals surface area contributed by atoms with Gasteiger partial charge < -0.3 is 11.6 Å². The van der Waals surface area contributed by atoms with E-state index in [2.05, 4.69) is 0 Å². The molecule has 0 saturated heterocycles. The number of rotatable bonds is 12. The molecule has 0 aromatic heterocycles. The number of carboxylic acid groups (broad SMARTS) is 2. The Labute approximate surface area is 231 Å². The third-order valence-corrected chi connectivity index (χ3v) is 7.76. The number of benzene rings is 2. The monoisotopic (exact) mass is 514 g/mol. The van der Waals surface area contributed by atoms with Crippen LogP contribution in [0.1, 0.15) is 53.1 Å². The van der Waals surface area contributed by atoms with Gasteiger partial charge in [-0.15, -0.1) is 0 Å². The molecule has 0 amide bonds. The number of hydrogen-bond acceptors (Lipinski definition) is 4. The Balaban J connectivity index is 0.00000612. The summed E-state index contributed by atoms with van der Waals surface area (Å²) >= 11 is 0. The summed E-state index contributed by atoms with van der Waals surface area (Å²) in [6.45, 7) is 6.89. The first-order chi connectivity index (χ1) is 15.6. The van der Waals surface area contributed by atoms with Crippen molar-refractivity contribution < 1.29 is 63.8 Å². The number of hydrogen-bond donors (Lipinski definition) is 3. The first-order valence-electron chi connectivity index (χ1n) is 11.1. The fourth-order valence-corrected chi connectivity index (χ4v) is 6.21. The van der Waals surface area contributed by atoms with Gasteiger partial charge in [0, 0.05) is 0 Å². The maximum absolute atomic E-state index is 12.7. The van der Waals surface area contributed by atoms with E-state index < -0.39 is 50.0 Å². The number of carboxylic acids is 2. The van der Waals surface area contributed by atoms with Gasteiger partial charge in [-0.3, -0.25) is 14.1 Å². The first kappa shape index (κ1) is 31.3. The van der Waals surface area contributed by atoms with Crippen LogP contribution in [0.2, 0.25) is 0 Å². The molecule has 0 aliphatic carbocycles. The summed E-state index contributed by atoms with van der Waals surface area (Å²) in [5.41, 5.74) is 0.0406. The van der Waals surface area contributed by atoms with E-state index in [9.17, 15) is 32.8 Å². The molecule has 0 bridgehead atoms. The van der Waals surface area contributed by atoms with E-state index in [-0.39, 0.29) is 37.4 Å². The van der Waals surface area contributed by atoms with Gasteiger partial charge in [-0.1, -0.05) is 88.4 Å². The molecule has 2 aromatic carbocycles. The minimum Gasteiger partial charge on any atom is -1.00 e. The summed E-state index contributed by atoms with van der Waals surface area (Å²) < 4.78 is 32.8. The van der Waals surface area contributed by atoms with Crippen molar-refractivity contribution in [3.05, 3.63) is 71.8 Å². The molecule has 2 aromatic rings. The van der Waals surface area contributed by atoms with Crippen LogP contribution in [0.3, 0.4) is 0 Å². The predicted octanol–water partition coefficient (Wildman–Crippen LogP) is 1.83. The van der Waals surface area contributed by atoms with Crippen LogP contribution in [0.4, 0.5) is 0 Å². The van der Waals surface area contributed by atoms with Gasteiger partial charge in [0.1, 0.15) is 0 Å². The van der Waals surface area contributed by atoms with Crippen molar-refractivity contribution in [2.75, 3.05) is 0 Å². The summed E-state index contributed by atoms with van der Waals surface area (Å²) in [5.74, 6) is -5.30. The Hall–Kier alpha value is -1.71. The average Bonchev–Trinajstić information content (AvgIpc) is 2.70. The second-order valence-corrected chi connectivity index (χ2v) is 12.3. The first-order valence-corrected chi connectivity index (χ1v) is 12.5.